The van der Waals surface area contributed by atoms with E-state index in [0.717, 1.165) is 70.4 Å². The number of hydrogen-bond donors (Lipinski definition) is 4. The van der Waals surface area contributed by atoms with Gasteiger partial charge in [0.1, 0.15) is 5.75 Å². The van der Waals surface area contributed by atoms with Crippen LogP contribution in [0.1, 0.15) is 57.2 Å². The Bertz CT molecular complexity index is 1720. The van der Waals surface area contributed by atoms with E-state index in [4.69, 9.17) is 15.3 Å². The maximum Gasteiger partial charge on any atom is 0.131 e. The molecule has 1 saturated heterocycles. The van der Waals surface area contributed by atoms with Crippen molar-refractivity contribution in [2.45, 2.75) is 77.8 Å². The SMILES string of the molecule is C=C(NCCc1ccccc1)c1cc(-c2cccc(CN3O[C@@H](CN)[C@@H]([C@H](C)O)[C@H]3C(=C)N[C@H]3C[C@H]4C[C@@H]([C@@H]3C)C4(C)C)c2OC)cc(N(C)C)c1. The number of aliphatic hydroxyl groups is 1. The minimum absolute atomic E-state index is 0.233. The number of benzene rings is 3. The highest BCUT2D eigenvalue weighted by atomic mass is 16.7. The van der Waals surface area contributed by atoms with E-state index >= 15 is 0 Å². The van der Waals surface area contributed by atoms with Crippen molar-refractivity contribution in [3.05, 3.63) is 102 Å². The second-order valence-corrected chi connectivity index (χ2v) is 16.3. The average molecular weight is 708 g/mol. The molecule has 8 atom stereocenters. The first-order valence-corrected chi connectivity index (χ1v) is 19.1. The summed E-state index contributed by atoms with van der Waals surface area (Å²) in [7, 11) is 5.83. The number of methoxy groups -OCH3 is 1. The number of ether oxygens (including phenoxy) is 1. The lowest BCUT2D eigenvalue weighted by molar-refractivity contribution is -0.164. The third-order valence-electron chi connectivity index (χ3n) is 12.6. The second kappa shape index (κ2) is 15.7. The molecule has 5 N–H and O–H groups in total. The van der Waals surface area contributed by atoms with Crippen LogP contribution in [0.5, 0.6) is 5.75 Å². The van der Waals surface area contributed by atoms with Gasteiger partial charge in [-0.1, -0.05) is 82.5 Å². The lowest BCUT2D eigenvalue weighted by Crippen LogP contribution is -2.60. The van der Waals surface area contributed by atoms with Crippen molar-refractivity contribution in [2.75, 3.05) is 39.2 Å². The minimum atomic E-state index is -0.631. The van der Waals surface area contributed by atoms with E-state index in [2.05, 4.69) is 124 Å². The number of nitrogens with zero attached hydrogens (tertiary/aromatic N) is 2. The van der Waals surface area contributed by atoms with Crippen molar-refractivity contribution in [2.24, 2.45) is 34.8 Å². The Kier molecular flexibility index (Phi) is 11.4. The van der Waals surface area contributed by atoms with Crippen molar-refractivity contribution in [1.82, 2.24) is 15.7 Å². The van der Waals surface area contributed by atoms with Crippen LogP contribution in [0.3, 0.4) is 0 Å². The molecule has 52 heavy (non-hydrogen) atoms. The van der Waals surface area contributed by atoms with Gasteiger partial charge in [0, 0.05) is 67.4 Å². The molecule has 4 fully saturated rings. The highest BCUT2D eigenvalue weighted by molar-refractivity contribution is 5.80. The fourth-order valence-electron chi connectivity index (χ4n) is 9.33. The van der Waals surface area contributed by atoms with Crippen LogP contribution in [0.2, 0.25) is 0 Å². The number of nitrogens with one attached hydrogen (secondary N) is 2. The van der Waals surface area contributed by atoms with E-state index in [-0.39, 0.29) is 18.1 Å². The summed E-state index contributed by atoms with van der Waals surface area (Å²) >= 11 is 0. The van der Waals surface area contributed by atoms with Crippen molar-refractivity contribution < 1.29 is 14.7 Å². The Labute approximate surface area is 312 Å². The van der Waals surface area contributed by atoms with Crippen molar-refractivity contribution in [3.63, 3.8) is 0 Å². The van der Waals surface area contributed by atoms with E-state index in [1.807, 2.05) is 18.1 Å². The normalized spacial score (nSPS) is 27.0. The Balaban J connectivity index is 1.26. The molecular weight excluding hydrogens is 647 g/mol. The van der Waals surface area contributed by atoms with Crippen LogP contribution in [0.15, 0.2) is 85.6 Å². The second-order valence-electron chi connectivity index (χ2n) is 16.3. The summed E-state index contributed by atoms with van der Waals surface area (Å²) in [6.45, 7) is 19.6. The van der Waals surface area contributed by atoms with Gasteiger partial charge in [0.15, 0.2) is 0 Å². The van der Waals surface area contributed by atoms with Gasteiger partial charge in [-0.3, -0.25) is 4.84 Å². The van der Waals surface area contributed by atoms with Gasteiger partial charge < -0.3 is 31.1 Å². The largest absolute Gasteiger partial charge is 0.496 e. The number of para-hydroxylation sites is 1. The van der Waals surface area contributed by atoms with Crippen LogP contribution in [0, 0.1) is 29.1 Å². The first kappa shape index (κ1) is 37.9. The molecule has 0 unspecified atom stereocenters. The molecule has 3 aromatic rings. The molecule has 3 aliphatic carbocycles. The Morgan fingerprint density at radius 1 is 1.10 bits per heavy atom. The van der Waals surface area contributed by atoms with E-state index in [0.29, 0.717) is 36.4 Å². The zero-order valence-corrected chi connectivity index (χ0v) is 32.4. The number of hydrogen-bond acceptors (Lipinski definition) is 8. The summed E-state index contributed by atoms with van der Waals surface area (Å²) < 4.78 is 6.20. The van der Waals surface area contributed by atoms with Crippen molar-refractivity contribution in [1.29, 1.82) is 0 Å². The summed E-state index contributed by atoms with van der Waals surface area (Å²) in [4.78, 5) is 8.70. The van der Waals surface area contributed by atoms with E-state index in [9.17, 15) is 5.11 Å². The van der Waals surface area contributed by atoms with Crippen LogP contribution in [0.25, 0.3) is 16.8 Å². The quantitative estimate of drug-likeness (QED) is 0.136. The smallest absolute Gasteiger partial charge is 0.131 e. The highest BCUT2D eigenvalue weighted by Gasteiger charge is 2.57. The molecule has 280 valence electrons. The fourth-order valence-corrected chi connectivity index (χ4v) is 9.33. The van der Waals surface area contributed by atoms with Gasteiger partial charge in [-0.25, -0.2) is 0 Å². The van der Waals surface area contributed by atoms with Gasteiger partial charge in [0.05, 0.1) is 31.9 Å². The third-order valence-corrected chi connectivity index (χ3v) is 12.6. The van der Waals surface area contributed by atoms with Crippen LogP contribution >= 0.6 is 0 Å². The van der Waals surface area contributed by atoms with Crippen LogP contribution in [-0.4, -0.2) is 68.8 Å². The van der Waals surface area contributed by atoms with Crippen LogP contribution in [-0.2, 0) is 17.8 Å². The van der Waals surface area contributed by atoms with Gasteiger partial charge in [0.2, 0.25) is 0 Å². The molecule has 3 saturated carbocycles. The number of rotatable bonds is 15. The topological polar surface area (TPSA) is 95.2 Å². The molecule has 0 spiro atoms. The maximum atomic E-state index is 11.1. The first-order chi connectivity index (χ1) is 24.8. The van der Waals surface area contributed by atoms with Gasteiger partial charge in [0.25, 0.3) is 0 Å². The summed E-state index contributed by atoms with van der Waals surface area (Å²) in [6, 6.07) is 23.4. The lowest BCUT2D eigenvalue weighted by atomic mass is 9.44. The Hall–Kier alpha value is -3.82. The molecule has 2 bridgehead atoms. The number of anilines is 1. The molecule has 4 aliphatic rings. The highest BCUT2D eigenvalue weighted by Crippen LogP contribution is 2.61. The third kappa shape index (κ3) is 7.49. The molecule has 0 radical (unpaired) electrons. The van der Waals surface area contributed by atoms with Crippen molar-refractivity contribution >= 4 is 11.4 Å². The van der Waals surface area contributed by atoms with Crippen molar-refractivity contribution in [3.8, 4) is 16.9 Å². The zero-order valence-electron chi connectivity index (χ0n) is 32.4. The summed E-state index contributed by atoms with van der Waals surface area (Å²) in [5.41, 5.74) is 14.8. The molecule has 7 rings (SSSR count). The number of hydroxylamine groups is 2. The predicted molar refractivity (Wildman–Crippen MR) is 214 cm³/mol. The molecule has 1 aliphatic heterocycles. The molecule has 1 heterocycles. The van der Waals surface area contributed by atoms with Gasteiger partial charge in [-0.05, 0) is 84.2 Å². The van der Waals surface area contributed by atoms with E-state index < -0.39 is 6.10 Å². The number of nitrogens with two attached hydrogens (primary N) is 1. The summed E-state index contributed by atoms with van der Waals surface area (Å²) in [5, 5.41) is 20.5. The lowest BCUT2D eigenvalue weighted by Gasteiger charge is -2.62. The molecule has 0 amide bonds. The van der Waals surface area contributed by atoms with Gasteiger partial charge in [-0.15, -0.1) is 0 Å². The zero-order chi connectivity index (χ0) is 37.3. The summed E-state index contributed by atoms with van der Waals surface area (Å²) in [6.07, 6.45) is 2.39. The van der Waals surface area contributed by atoms with Gasteiger partial charge in [-0.2, -0.15) is 5.06 Å². The maximum absolute atomic E-state index is 11.1. The molecule has 3 aromatic carbocycles. The Morgan fingerprint density at radius 3 is 2.48 bits per heavy atom. The monoisotopic (exact) mass is 707 g/mol. The molecular formula is C44H61N5O3. The minimum Gasteiger partial charge on any atom is -0.496 e. The fraction of sp³-hybridized carbons (Fsp3) is 0.500. The average Bonchev–Trinajstić information content (AvgIpc) is 3.51. The van der Waals surface area contributed by atoms with Crippen LogP contribution in [0.4, 0.5) is 5.69 Å². The van der Waals surface area contributed by atoms with Gasteiger partial charge >= 0.3 is 0 Å². The first-order valence-electron chi connectivity index (χ1n) is 19.1. The molecule has 8 heteroatoms. The van der Waals surface area contributed by atoms with E-state index in [1.54, 1.807) is 7.11 Å². The standard InChI is InChI=1S/C44H61N5O3/c1-27-38-23-35(44(38,5)6)24-39(27)47-29(3)42-41(30(4)50)40(25-45)52-49(42)26-32-16-13-17-37(43(32)51-9)34-20-33(21-36(22-34)48(7)8)28(2)46-19-18-31-14-11-10-12-15-31/h10-17,20-22,27,30,35,38-42,46-47,50H,2-3,18-19,23-26,45H2,1,4-9H3/t27-,30-,35+,38-,39-,40-,41+,42+/m0/s1. The molecule has 0 aromatic heterocycles. The number of aliphatic hydroxyl groups excluding tert-OH is 1. The van der Waals surface area contributed by atoms with Crippen LogP contribution < -0.4 is 26.0 Å². The predicted octanol–water partition coefficient (Wildman–Crippen LogP) is 6.85. The molecule has 8 nitrogen and oxygen atoms in total. The van der Waals surface area contributed by atoms with E-state index in [1.165, 1.54) is 12.0 Å². The summed E-state index contributed by atoms with van der Waals surface area (Å²) in [5.74, 6) is 2.51. The Morgan fingerprint density at radius 2 is 1.85 bits per heavy atom. The number of fused-ring (bicyclic) bond motifs is 2.